The van der Waals surface area contributed by atoms with Gasteiger partial charge in [0.2, 0.25) is 0 Å². The molecule has 0 fully saturated rings. The Morgan fingerprint density at radius 2 is 0.339 bits per heavy atom. The number of aliphatic carboxylic acids is 12. The number of rotatable bonds is 20. The minimum absolute atomic E-state index is 0. The fourth-order valence-electron chi connectivity index (χ4n) is 2.86. The number of carboxylic acid groups (broad SMARTS) is 12. The van der Waals surface area contributed by atoms with Gasteiger partial charge < -0.3 is 98.4 Å². The van der Waals surface area contributed by atoms with Crippen LogP contribution in [0.2, 0.25) is 0 Å². The summed E-state index contributed by atoms with van der Waals surface area (Å²) in [5.41, 5.74) is -11.0. The van der Waals surface area contributed by atoms with E-state index in [1.807, 2.05) is 0 Å². The second kappa shape index (κ2) is 31.1. The maximum absolute atomic E-state index is 10.3. The van der Waals surface area contributed by atoms with Crippen LogP contribution in [0.25, 0.3) is 0 Å². The van der Waals surface area contributed by atoms with Crippen LogP contribution in [-0.4, -0.2) is 262 Å². The largest absolute Gasteiger partial charge is 2.00 e. The summed E-state index contributed by atoms with van der Waals surface area (Å²) in [7, 11) is 0. The van der Waals surface area contributed by atoms with Crippen LogP contribution in [-0.2, 0) is 57.5 Å². The van der Waals surface area contributed by atoms with E-state index < -0.39 is 145 Å². The first-order valence-corrected chi connectivity index (χ1v) is 12.7. The molecule has 0 rings (SSSR count). The van der Waals surface area contributed by atoms with E-state index in [1.165, 1.54) is 0 Å². The molecule has 0 aliphatic carbocycles. The number of hydrogen-bond acceptors (Lipinski definition) is 16. The summed E-state index contributed by atoms with van der Waals surface area (Å²) in [6, 6.07) is 0. The fourth-order valence-corrected chi connectivity index (χ4v) is 2.86. The summed E-state index contributed by atoms with van der Waals surface area (Å²) < 4.78 is 0. The first-order chi connectivity index (χ1) is 23.1. The van der Waals surface area contributed by atoms with Gasteiger partial charge in [-0.25, -0.2) is 19.2 Å². The summed E-state index contributed by atoms with van der Waals surface area (Å²) in [6.07, 6.45) is -9.15. The van der Waals surface area contributed by atoms with E-state index in [2.05, 4.69) is 0 Å². The van der Waals surface area contributed by atoms with E-state index in [-0.39, 0.29) is 92.1 Å². The molecule has 0 aromatic heterocycles. The third-order valence-electron chi connectivity index (χ3n) is 5.14. The zero-order valence-corrected chi connectivity index (χ0v) is 32.5. The van der Waals surface area contributed by atoms with Crippen LogP contribution >= 0.6 is 0 Å². The molecule has 0 aromatic rings. The Balaban J connectivity index is -0.0000000490. The molecule has 32 heteroatoms. The van der Waals surface area contributed by atoms with Gasteiger partial charge in [-0.1, -0.05) is 0 Å². The van der Waals surface area contributed by atoms with Crippen molar-refractivity contribution in [1.29, 1.82) is 0 Å². The molecule has 0 heterocycles. The van der Waals surface area contributed by atoms with Crippen LogP contribution in [0.3, 0.4) is 0 Å². The van der Waals surface area contributed by atoms with Gasteiger partial charge in [0.1, 0.15) is 0 Å². The zero-order valence-electron chi connectivity index (χ0n) is 32.1. The van der Waals surface area contributed by atoms with Crippen molar-refractivity contribution in [3.63, 3.8) is 0 Å². The quantitative estimate of drug-likeness (QED) is 0.0505. The van der Waals surface area contributed by atoms with E-state index in [4.69, 9.17) is 81.7 Å². The summed E-state index contributed by atoms with van der Waals surface area (Å²) in [4.78, 5) is 122. The molecule has 20 N–H and O–H groups in total. The Morgan fingerprint density at radius 1 is 0.268 bits per heavy atom. The molecule has 0 spiro atoms. The molecule has 0 atom stereocenters. The first kappa shape index (κ1) is 69.8. The third kappa shape index (κ3) is 33.3. The summed E-state index contributed by atoms with van der Waals surface area (Å²) in [5.74, 6) is -20.1. The predicted octanol–water partition coefficient (Wildman–Crippen LogP) is -6.96. The van der Waals surface area contributed by atoms with Gasteiger partial charge in [0, 0.05) is 0 Å². The number of carboxylic acids is 12. The van der Waals surface area contributed by atoms with Crippen LogP contribution in [0.4, 0.5) is 0 Å². The van der Waals surface area contributed by atoms with Crippen LogP contribution < -0.4 is 0 Å². The monoisotopic (exact) mass is 888 g/mol. The van der Waals surface area contributed by atoms with Crippen molar-refractivity contribution in [3.8, 4) is 0 Å². The number of hydrogen-bond donors (Lipinski definition) is 16. The molecular weight excluding hydrogens is 848 g/mol. The number of aliphatic hydroxyl groups is 4. The molecule has 0 unspecified atom stereocenters. The molecule has 320 valence electrons. The van der Waals surface area contributed by atoms with Crippen molar-refractivity contribution < 1.29 is 156 Å². The Bertz CT molecular complexity index is 1150. The maximum Gasteiger partial charge on any atom is 2.00 e. The molecule has 30 nitrogen and oxygen atoms in total. The van der Waals surface area contributed by atoms with Crippen LogP contribution in [0.15, 0.2) is 0 Å². The molecule has 0 aliphatic heterocycles. The minimum Gasteiger partial charge on any atom is -1.00 e. The predicted molar refractivity (Wildman–Crippen MR) is 172 cm³/mol. The fraction of sp³-hybridized carbons (Fsp3) is 0.500. The van der Waals surface area contributed by atoms with E-state index in [1.54, 1.807) is 0 Å². The minimum atomic E-state index is -2.74. The molecule has 0 saturated carbocycles. The van der Waals surface area contributed by atoms with E-state index in [9.17, 15) is 57.5 Å². The van der Waals surface area contributed by atoms with Crippen molar-refractivity contribution in [2.75, 3.05) is 0 Å². The SMILES string of the molecule is O.O.O=C(O)CC(O)(CC(=O)O)C(=O)O.O=C(O)CC(O)(CC(=O)O)C(=O)O.O=C(O)CC(O)(CC(=O)O)C(=O)O.O=C(O)CC(O)(CC(=O)O)C(=O)O.[Ca+2].[Ca+2].[H-].[H-].[H-].[H-]. The van der Waals surface area contributed by atoms with Gasteiger partial charge in [-0.2, -0.15) is 0 Å². The summed E-state index contributed by atoms with van der Waals surface area (Å²) in [6.45, 7) is 0. The molecule has 0 amide bonds. The normalized spacial score (nSPS) is 10.1. The van der Waals surface area contributed by atoms with E-state index >= 15 is 0 Å². The van der Waals surface area contributed by atoms with Gasteiger partial charge >= 0.3 is 147 Å². The standard InChI is InChI=1S/4C6H8O7.2Ca.2H2O.4H/c4*7-3(8)1-6(13,5(11)12)2-4(9)10;;;;;;;;/h4*13H,1-2H2,(H,7,8)(H,9,10)(H,11,12);;;2*1H2;;;;/q;;;;2*+2;;;4*-1. The molecule has 0 radical (unpaired) electrons. The molecule has 0 aromatic carbocycles. The van der Waals surface area contributed by atoms with E-state index in [0.29, 0.717) is 0 Å². The van der Waals surface area contributed by atoms with Crippen molar-refractivity contribution in [2.24, 2.45) is 0 Å². The summed E-state index contributed by atoms with van der Waals surface area (Å²) in [5, 5.41) is 135. The second-order valence-electron chi connectivity index (χ2n) is 9.91. The third-order valence-corrected chi connectivity index (χ3v) is 5.14. The van der Waals surface area contributed by atoms with Gasteiger partial charge in [0.25, 0.3) is 0 Å². The smallest absolute Gasteiger partial charge is 1.00 e. The van der Waals surface area contributed by atoms with Crippen molar-refractivity contribution in [1.82, 2.24) is 0 Å². The van der Waals surface area contributed by atoms with Gasteiger partial charge in [-0.05, 0) is 0 Å². The molecular formula is C24H40Ca2O30. The molecule has 0 aliphatic rings. The molecule has 0 bridgehead atoms. The van der Waals surface area contributed by atoms with Gasteiger partial charge in [-0.3, -0.25) is 38.4 Å². The molecule has 56 heavy (non-hydrogen) atoms. The number of carbonyl (C=O) groups is 12. The van der Waals surface area contributed by atoms with Crippen molar-refractivity contribution >= 4 is 147 Å². The van der Waals surface area contributed by atoms with Crippen LogP contribution in [0.1, 0.15) is 57.1 Å². The summed E-state index contributed by atoms with van der Waals surface area (Å²) >= 11 is 0. The first-order valence-electron chi connectivity index (χ1n) is 12.7. The van der Waals surface area contributed by atoms with Crippen molar-refractivity contribution in [2.45, 2.75) is 73.8 Å². The van der Waals surface area contributed by atoms with Gasteiger partial charge in [0.05, 0.1) is 51.4 Å². The Morgan fingerprint density at radius 3 is 0.375 bits per heavy atom. The Kier molecular flexibility index (Phi) is 38.7. The Labute approximate surface area is 374 Å². The Hall–Kier alpha value is -4.08. The second-order valence-corrected chi connectivity index (χ2v) is 9.91. The molecule has 0 saturated heterocycles. The van der Waals surface area contributed by atoms with Gasteiger partial charge in [-0.15, -0.1) is 0 Å². The van der Waals surface area contributed by atoms with Gasteiger partial charge in [0.15, 0.2) is 22.4 Å². The van der Waals surface area contributed by atoms with Crippen LogP contribution in [0.5, 0.6) is 0 Å². The average molecular weight is 889 g/mol. The maximum atomic E-state index is 10.3. The average Bonchev–Trinajstić information content (AvgIpc) is 2.85. The van der Waals surface area contributed by atoms with Crippen LogP contribution in [0, 0.1) is 0 Å². The van der Waals surface area contributed by atoms with E-state index in [0.717, 1.165) is 0 Å². The zero-order chi connectivity index (χ0) is 42.6. The topological polar surface area (TPSA) is 592 Å². The van der Waals surface area contributed by atoms with Crippen molar-refractivity contribution in [3.05, 3.63) is 0 Å².